The first kappa shape index (κ1) is 19.0. The van der Waals surface area contributed by atoms with Crippen LogP contribution in [0.15, 0.2) is 47.4 Å². The Morgan fingerprint density at radius 3 is 3.03 bits per heavy atom. The van der Waals surface area contributed by atoms with E-state index in [2.05, 4.69) is 20.1 Å². The van der Waals surface area contributed by atoms with Crippen molar-refractivity contribution in [2.45, 2.75) is 19.3 Å². The molecule has 0 unspecified atom stereocenters. The summed E-state index contributed by atoms with van der Waals surface area (Å²) in [5, 5.41) is 3.95. The first-order chi connectivity index (χ1) is 14.2. The van der Waals surface area contributed by atoms with Crippen LogP contribution in [0.4, 0.5) is 4.39 Å². The number of benzene rings is 1. The summed E-state index contributed by atoms with van der Waals surface area (Å²) in [5.41, 5.74) is 0.549. The van der Waals surface area contributed by atoms with Crippen LogP contribution in [0, 0.1) is 11.7 Å². The summed E-state index contributed by atoms with van der Waals surface area (Å²) in [6, 6.07) is 6.05. The van der Waals surface area contributed by atoms with E-state index in [0.717, 1.165) is 12.8 Å². The summed E-state index contributed by atoms with van der Waals surface area (Å²) in [7, 11) is 0. The van der Waals surface area contributed by atoms with Gasteiger partial charge < -0.3 is 14.2 Å². The van der Waals surface area contributed by atoms with E-state index >= 15 is 0 Å². The van der Waals surface area contributed by atoms with Gasteiger partial charge in [-0.25, -0.2) is 9.37 Å². The zero-order valence-electron chi connectivity index (χ0n) is 15.7. The van der Waals surface area contributed by atoms with Gasteiger partial charge >= 0.3 is 0 Å². The lowest BCUT2D eigenvalue weighted by molar-refractivity contribution is -0.135. The van der Waals surface area contributed by atoms with Crippen LogP contribution in [0.2, 0.25) is 0 Å². The topological polar surface area (TPSA) is 94.2 Å². The molecule has 8 nitrogen and oxygen atoms in total. The molecule has 9 heteroatoms. The second-order valence-electron chi connectivity index (χ2n) is 6.87. The van der Waals surface area contributed by atoms with Crippen LogP contribution in [0.25, 0.3) is 11.5 Å². The van der Waals surface area contributed by atoms with Crippen LogP contribution in [-0.4, -0.2) is 50.6 Å². The smallest absolute Gasteiger partial charge is 0.260 e. The second-order valence-corrected chi connectivity index (χ2v) is 6.87. The number of halogens is 1. The molecule has 0 N–H and O–H groups in total. The number of ether oxygens (including phenoxy) is 1. The number of carbonyl (C=O) groups is 1. The van der Waals surface area contributed by atoms with Gasteiger partial charge in [0, 0.05) is 31.9 Å². The summed E-state index contributed by atoms with van der Waals surface area (Å²) in [5.74, 6) is 0.548. The highest BCUT2D eigenvalue weighted by Crippen LogP contribution is 2.22. The van der Waals surface area contributed by atoms with Gasteiger partial charge in [-0.05, 0) is 30.9 Å². The van der Waals surface area contributed by atoms with Gasteiger partial charge in [-0.1, -0.05) is 17.3 Å². The number of piperidine rings is 1. The normalized spacial score (nSPS) is 16.6. The number of para-hydroxylation sites is 1. The fourth-order valence-electron chi connectivity index (χ4n) is 3.35. The van der Waals surface area contributed by atoms with E-state index < -0.39 is 5.82 Å². The zero-order chi connectivity index (χ0) is 20.1. The van der Waals surface area contributed by atoms with Gasteiger partial charge in [0.05, 0.1) is 6.20 Å². The highest BCUT2D eigenvalue weighted by atomic mass is 19.1. The molecule has 1 aliphatic rings. The van der Waals surface area contributed by atoms with Gasteiger partial charge in [0.2, 0.25) is 11.7 Å². The Balaban J connectivity index is 1.32. The maximum Gasteiger partial charge on any atom is 0.260 e. The van der Waals surface area contributed by atoms with E-state index in [1.165, 1.54) is 12.1 Å². The Hall–Kier alpha value is -3.36. The van der Waals surface area contributed by atoms with Gasteiger partial charge in [0.25, 0.3) is 5.91 Å². The Morgan fingerprint density at radius 2 is 2.21 bits per heavy atom. The largest absolute Gasteiger partial charge is 0.481 e. The second kappa shape index (κ2) is 8.76. The van der Waals surface area contributed by atoms with E-state index in [9.17, 15) is 9.18 Å². The number of likely N-dealkylation sites (tertiary alicyclic amines) is 1. The monoisotopic (exact) mass is 397 g/mol. The number of amides is 1. The molecule has 3 heterocycles. The van der Waals surface area contributed by atoms with Gasteiger partial charge in [0.1, 0.15) is 5.69 Å². The molecule has 0 spiro atoms. The maximum atomic E-state index is 13.6. The van der Waals surface area contributed by atoms with Gasteiger partial charge in [0.15, 0.2) is 18.2 Å². The lowest BCUT2D eigenvalue weighted by atomic mass is 9.95. The van der Waals surface area contributed by atoms with E-state index in [1.54, 1.807) is 35.6 Å². The number of rotatable bonds is 6. The van der Waals surface area contributed by atoms with Crippen molar-refractivity contribution in [1.82, 2.24) is 25.0 Å². The van der Waals surface area contributed by atoms with Gasteiger partial charge in [-0.3, -0.25) is 9.78 Å². The molecular weight excluding hydrogens is 377 g/mol. The quantitative estimate of drug-likeness (QED) is 0.631. The average Bonchev–Trinajstić information content (AvgIpc) is 3.22. The first-order valence-electron chi connectivity index (χ1n) is 9.43. The number of hydrogen-bond donors (Lipinski definition) is 0. The Morgan fingerprint density at radius 1 is 1.31 bits per heavy atom. The minimum atomic E-state index is -0.480. The van der Waals surface area contributed by atoms with Crippen molar-refractivity contribution < 1.29 is 18.4 Å². The molecule has 1 aromatic carbocycles. The standard InChI is InChI=1S/C20H20FN5O3/c21-15-5-1-2-6-17(15)28-13-19(27)26-9-3-4-14(12-26)10-18-24-20(25-29-18)16-11-22-7-8-23-16/h1-2,5-8,11,14H,3-4,9-10,12-13H2/t14-/m0/s1. The first-order valence-corrected chi connectivity index (χ1v) is 9.43. The summed E-state index contributed by atoms with van der Waals surface area (Å²) < 4.78 is 24.3. The predicted octanol–water partition coefficient (Wildman–Crippen LogP) is 2.53. The SMILES string of the molecule is O=C(COc1ccccc1F)N1CCC[C@@H](Cc2nc(-c3cnccn3)no2)C1. The van der Waals surface area contributed by atoms with Crippen LogP contribution < -0.4 is 4.74 Å². The minimum Gasteiger partial charge on any atom is -0.481 e. The summed E-state index contributed by atoms with van der Waals surface area (Å²) in [4.78, 5) is 26.8. The molecular formula is C20H20FN5O3. The zero-order valence-corrected chi connectivity index (χ0v) is 15.7. The van der Waals surface area contributed by atoms with Crippen LogP contribution >= 0.6 is 0 Å². The fourth-order valence-corrected chi connectivity index (χ4v) is 3.35. The van der Waals surface area contributed by atoms with E-state index in [4.69, 9.17) is 9.26 Å². The molecule has 0 bridgehead atoms. The molecule has 1 amide bonds. The van der Waals surface area contributed by atoms with Crippen LogP contribution in [0.5, 0.6) is 5.75 Å². The highest BCUT2D eigenvalue weighted by Gasteiger charge is 2.26. The number of nitrogens with zero attached hydrogens (tertiary/aromatic N) is 5. The van der Waals surface area contributed by atoms with Crippen LogP contribution in [0.1, 0.15) is 18.7 Å². The lowest BCUT2D eigenvalue weighted by Crippen LogP contribution is -2.42. The molecule has 1 aliphatic heterocycles. The van der Waals surface area contributed by atoms with Crippen LogP contribution in [-0.2, 0) is 11.2 Å². The molecule has 3 aromatic rings. The van der Waals surface area contributed by atoms with Gasteiger partial charge in [-0.2, -0.15) is 4.98 Å². The molecule has 150 valence electrons. The van der Waals surface area contributed by atoms with Crippen molar-refractivity contribution in [3.05, 3.63) is 54.6 Å². The Labute approximate surface area is 166 Å². The number of carbonyl (C=O) groups excluding carboxylic acids is 1. The van der Waals surface area contributed by atoms with Crippen molar-refractivity contribution in [1.29, 1.82) is 0 Å². The lowest BCUT2D eigenvalue weighted by Gasteiger charge is -2.32. The number of hydrogen-bond acceptors (Lipinski definition) is 7. The van der Waals surface area contributed by atoms with Crippen LogP contribution in [0.3, 0.4) is 0 Å². The molecule has 0 aliphatic carbocycles. The van der Waals surface area contributed by atoms with E-state index in [1.807, 2.05) is 0 Å². The fraction of sp³-hybridized carbons (Fsp3) is 0.350. The van der Waals surface area contributed by atoms with Gasteiger partial charge in [-0.15, -0.1) is 0 Å². The molecule has 1 atom stereocenters. The third-order valence-electron chi connectivity index (χ3n) is 4.78. The van der Waals surface area contributed by atoms with Crippen molar-refractivity contribution in [2.24, 2.45) is 5.92 Å². The molecule has 0 radical (unpaired) electrons. The maximum absolute atomic E-state index is 13.6. The third-order valence-corrected chi connectivity index (χ3v) is 4.78. The minimum absolute atomic E-state index is 0.0804. The van der Waals surface area contributed by atoms with Crippen molar-refractivity contribution in [3.63, 3.8) is 0 Å². The van der Waals surface area contributed by atoms with Crippen molar-refractivity contribution >= 4 is 5.91 Å². The third kappa shape index (κ3) is 4.74. The van der Waals surface area contributed by atoms with E-state index in [-0.39, 0.29) is 24.2 Å². The molecule has 1 fully saturated rings. The molecule has 4 rings (SSSR count). The summed E-state index contributed by atoms with van der Waals surface area (Å²) in [6.07, 6.45) is 7.13. The molecule has 0 saturated carbocycles. The Bertz CT molecular complexity index is 966. The highest BCUT2D eigenvalue weighted by molar-refractivity contribution is 5.77. The molecule has 2 aromatic heterocycles. The summed E-state index contributed by atoms with van der Waals surface area (Å²) >= 11 is 0. The van der Waals surface area contributed by atoms with Crippen molar-refractivity contribution in [3.8, 4) is 17.3 Å². The average molecular weight is 397 g/mol. The summed E-state index contributed by atoms with van der Waals surface area (Å²) in [6.45, 7) is 1.04. The van der Waals surface area contributed by atoms with E-state index in [0.29, 0.717) is 36.9 Å². The van der Waals surface area contributed by atoms with Crippen molar-refractivity contribution in [2.75, 3.05) is 19.7 Å². The molecule has 1 saturated heterocycles. The molecule has 29 heavy (non-hydrogen) atoms. The number of aromatic nitrogens is 4. The predicted molar refractivity (Wildman–Crippen MR) is 100 cm³/mol. The Kier molecular flexibility index (Phi) is 5.73.